The van der Waals surface area contributed by atoms with E-state index in [1.54, 1.807) is 6.26 Å². The van der Waals surface area contributed by atoms with E-state index >= 15 is 0 Å². The number of hydrogen-bond donors (Lipinski definition) is 1. The number of para-hydroxylation sites is 1. The fourth-order valence-electron chi connectivity index (χ4n) is 2.90. The van der Waals surface area contributed by atoms with Gasteiger partial charge in [-0.05, 0) is 34.1 Å². The van der Waals surface area contributed by atoms with Gasteiger partial charge in [0.05, 0.1) is 16.8 Å². The molecule has 0 saturated carbocycles. The first-order valence-electron chi connectivity index (χ1n) is 7.26. The summed E-state index contributed by atoms with van der Waals surface area (Å²) >= 11 is 3.54. The van der Waals surface area contributed by atoms with Crippen LogP contribution >= 0.6 is 15.9 Å². The van der Waals surface area contributed by atoms with Crippen LogP contribution in [0.2, 0.25) is 0 Å². The Hall–Kier alpha value is -1.30. The van der Waals surface area contributed by atoms with Gasteiger partial charge in [-0.15, -0.1) is 0 Å². The number of benzene rings is 1. The molecule has 1 aliphatic heterocycles. The van der Waals surface area contributed by atoms with Gasteiger partial charge in [0.15, 0.2) is 0 Å². The molecular weight excluding hydrogens is 330 g/mol. The summed E-state index contributed by atoms with van der Waals surface area (Å²) in [5.74, 6) is 0.936. The van der Waals surface area contributed by atoms with Crippen molar-refractivity contribution in [1.82, 2.24) is 4.90 Å². The standard InChI is InChI=1S/C16H20BrN3O/c17-14-6-11-21-16(14)15(12-18)20-9-7-19(8-10-20)13-4-2-1-3-5-13/h1-6,11,15H,7-10,12,18H2. The Balaban J connectivity index is 1.66. The number of furan rings is 1. The van der Waals surface area contributed by atoms with Gasteiger partial charge in [0.1, 0.15) is 5.76 Å². The van der Waals surface area contributed by atoms with Crippen LogP contribution in [0.4, 0.5) is 5.69 Å². The number of anilines is 1. The summed E-state index contributed by atoms with van der Waals surface area (Å²) in [4.78, 5) is 4.82. The molecule has 4 nitrogen and oxygen atoms in total. The first-order chi connectivity index (χ1) is 10.3. The normalized spacial score (nSPS) is 17.9. The first kappa shape index (κ1) is 14.6. The van der Waals surface area contributed by atoms with Crippen LogP contribution in [0.25, 0.3) is 0 Å². The molecule has 3 rings (SSSR count). The van der Waals surface area contributed by atoms with E-state index in [2.05, 4.69) is 56.1 Å². The Kier molecular flexibility index (Phi) is 4.63. The zero-order valence-corrected chi connectivity index (χ0v) is 13.5. The number of nitrogens with zero attached hydrogens (tertiary/aromatic N) is 2. The van der Waals surface area contributed by atoms with Crippen molar-refractivity contribution in [3.05, 3.63) is 52.9 Å². The van der Waals surface area contributed by atoms with Crippen molar-refractivity contribution in [2.75, 3.05) is 37.6 Å². The van der Waals surface area contributed by atoms with Gasteiger partial charge in [-0.25, -0.2) is 0 Å². The largest absolute Gasteiger partial charge is 0.466 e. The third-order valence-corrected chi connectivity index (χ3v) is 4.70. The van der Waals surface area contributed by atoms with Crippen LogP contribution in [0, 0.1) is 0 Å². The lowest BCUT2D eigenvalue weighted by Crippen LogP contribution is -2.49. The maximum atomic E-state index is 5.97. The smallest absolute Gasteiger partial charge is 0.136 e. The second-order valence-corrected chi connectivity index (χ2v) is 6.10. The Labute approximate surface area is 133 Å². The molecular formula is C16H20BrN3O. The molecule has 1 aromatic heterocycles. The van der Waals surface area contributed by atoms with Gasteiger partial charge in [0, 0.05) is 38.4 Å². The van der Waals surface area contributed by atoms with E-state index in [0.29, 0.717) is 6.54 Å². The molecule has 21 heavy (non-hydrogen) atoms. The maximum Gasteiger partial charge on any atom is 0.136 e. The summed E-state index contributed by atoms with van der Waals surface area (Å²) in [5.41, 5.74) is 7.27. The van der Waals surface area contributed by atoms with Crippen molar-refractivity contribution in [1.29, 1.82) is 0 Å². The predicted octanol–water partition coefficient (Wildman–Crippen LogP) is 2.86. The fraction of sp³-hybridized carbons (Fsp3) is 0.375. The topological polar surface area (TPSA) is 45.6 Å². The first-order valence-corrected chi connectivity index (χ1v) is 8.06. The SMILES string of the molecule is NCC(c1occc1Br)N1CCN(c2ccccc2)CC1. The van der Waals surface area contributed by atoms with Crippen molar-refractivity contribution in [3.63, 3.8) is 0 Å². The van der Waals surface area contributed by atoms with E-state index in [1.165, 1.54) is 5.69 Å². The molecule has 5 heteroatoms. The molecule has 1 atom stereocenters. The molecule has 1 fully saturated rings. The van der Waals surface area contributed by atoms with Gasteiger partial charge in [-0.1, -0.05) is 18.2 Å². The summed E-state index contributed by atoms with van der Waals surface area (Å²) in [7, 11) is 0. The van der Waals surface area contributed by atoms with E-state index < -0.39 is 0 Å². The zero-order chi connectivity index (χ0) is 14.7. The van der Waals surface area contributed by atoms with Gasteiger partial charge in [-0.2, -0.15) is 0 Å². The monoisotopic (exact) mass is 349 g/mol. The number of piperazine rings is 1. The zero-order valence-electron chi connectivity index (χ0n) is 11.9. The minimum atomic E-state index is 0.146. The number of hydrogen-bond acceptors (Lipinski definition) is 4. The van der Waals surface area contributed by atoms with Crippen LogP contribution < -0.4 is 10.6 Å². The van der Waals surface area contributed by atoms with E-state index in [-0.39, 0.29) is 6.04 Å². The van der Waals surface area contributed by atoms with E-state index in [4.69, 9.17) is 10.2 Å². The number of nitrogens with two attached hydrogens (primary N) is 1. The van der Waals surface area contributed by atoms with E-state index in [1.807, 2.05) is 6.07 Å². The minimum Gasteiger partial charge on any atom is -0.466 e. The van der Waals surface area contributed by atoms with Crippen LogP contribution in [0.15, 0.2) is 51.6 Å². The summed E-state index contributed by atoms with van der Waals surface area (Å²) in [5, 5.41) is 0. The van der Waals surface area contributed by atoms with Crippen molar-refractivity contribution in [2.24, 2.45) is 5.73 Å². The molecule has 1 aromatic carbocycles. The number of rotatable bonds is 4. The summed E-state index contributed by atoms with van der Waals surface area (Å²) in [6.45, 7) is 4.57. The molecule has 1 aliphatic rings. The van der Waals surface area contributed by atoms with Crippen LogP contribution in [-0.4, -0.2) is 37.6 Å². The molecule has 1 saturated heterocycles. The summed E-state index contributed by atoms with van der Waals surface area (Å²) in [6.07, 6.45) is 1.71. The Morgan fingerprint density at radius 3 is 2.38 bits per heavy atom. The van der Waals surface area contributed by atoms with E-state index in [0.717, 1.165) is 36.4 Å². The van der Waals surface area contributed by atoms with Crippen LogP contribution in [0.5, 0.6) is 0 Å². The highest BCUT2D eigenvalue weighted by Gasteiger charge is 2.27. The third kappa shape index (κ3) is 3.15. The molecule has 112 valence electrons. The van der Waals surface area contributed by atoms with Gasteiger partial charge in [0.25, 0.3) is 0 Å². The maximum absolute atomic E-state index is 5.97. The van der Waals surface area contributed by atoms with Gasteiger partial charge in [-0.3, -0.25) is 4.90 Å². The van der Waals surface area contributed by atoms with Crippen molar-refractivity contribution in [3.8, 4) is 0 Å². The van der Waals surface area contributed by atoms with Crippen molar-refractivity contribution in [2.45, 2.75) is 6.04 Å². The Morgan fingerprint density at radius 2 is 1.81 bits per heavy atom. The highest BCUT2D eigenvalue weighted by Crippen LogP contribution is 2.29. The Bertz CT molecular complexity index is 564. The molecule has 1 unspecified atom stereocenters. The summed E-state index contributed by atoms with van der Waals surface area (Å²) in [6, 6.07) is 12.6. The van der Waals surface area contributed by atoms with Crippen molar-refractivity contribution < 1.29 is 4.42 Å². The molecule has 0 amide bonds. The summed E-state index contributed by atoms with van der Waals surface area (Å²) < 4.78 is 6.60. The molecule has 0 spiro atoms. The third-order valence-electron chi connectivity index (χ3n) is 4.05. The molecule has 0 aliphatic carbocycles. The van der Waals surface area contributed by atoms with Crippen LogP contribution in [0.1, 0.15) is 11.8 Å². The second kappa shape index (κ2) is 6.64. The molecule has 2 heterocycles. The van der Waals surface area contributed by atoms with Gasteiger partial charge in [0.2, 0.25) is 0 Å². The Morgan fingerprint density at radius 1 is 1.10 bits per heavy atom. The van der Waals surface area contributed by atoms with Gasteiger partial charge < -0.3 is 15.1 Å². The molecule has 0 bridgehead atoms. The van der Waals surface area contributed by atoms with Crippen LogP contribution in [0.3, 0.4) is 0 Å². The molecule has 0 radical (unpaired) electrons. The minimum absolute atomic E-state index is 0.146. The molecule has 2 aromatic rings. The average Bonchev–Trinajstić information content (AvgIpc) is 2.96. The highest BCUT2D eigenvalue weighted by atomic mass is 79.9. The van der Waals surface area contributed by atoms with E-state index in [9.17, 15) is 0 Å². The lowest BCUT2D eigenvalue weighted by molar-refractivity contribution is 0.169. The lowest BCUT2D eigenvalue weighted by atomic mass is 10.1. The molecule has 2 N–H and O–H groups in total. The number of halogens is 1. The quantitative estimate of drug-likeness (QED) is 0.921. The fourth-order valence-corrected chi connectivity index (χ4v) is 3.36. The highest BCUT2D eigenvalue weighted by molar-refractivity contribution is 9.10. The van der Waals surface area contributed by atoms with Crippen molar-refractivity contribution >= 4 is 21.6 Å². The van der Waals surface area contributed by atoms with Gasteiger partial charge >= 0.3 is 0 Å². The second-order valence-electron chi connectivity index (χ2n) is 5.24. The predicted molar refractivity (Wildman–Crippen MR) is 88.4 cm³/mol. The lowest BCUT2D eigenvalue weighted by Gasteiger charge is -2.39. The average molecular weight is 350 g/mol. The van der Waals surface area contributed by atoms with Crippen LogP contribution in [-0.2, 0) is 0 Å².